The summed E-state index contributed by atoms with van der Waals surface area (Å²) in [5, 5.41) is 14.9. The summed E-state index contributed by atoms with van der Waals surface area (Å²) in [5.74, 6) is 1.33. The molecule has 2 N–H and O–H groups in total. The standard InChI is InChI=1S/C24H27N5O3S/c1-4-14-29-21(12-13-25-23(31)18-8-10-20(32-3)11-9-18)27-28-24(29)33-16-22(30)26-19-7-5-6-17(2)15-19/h4-11,15H,1,12-14,16H2,2-3H3,(H,25,31)(H,26,30). The molecule has 0 aliphatic carbocycles. The van der Waals surface area contributed by atoms with Crippen molar-refractivity contribution in [2.24, 2.45) is 0 Å². The summed E-state index contributed by atoms with van der Waals surface area (Å²) < 4.78 is 7.01. The Morgan fingerprint density at radius 1 is 1.18 bits per heavy atom. The summed E-state index contributed by atoms with van der Waals surface area (Å²) in [6.45, 7) is 6.68. The number of amides is 2. The third kappa shape index (κ3) is 6.95. The summed E-state index contributed by atoms with van der Waals surface area (Å²) in [6, 6.07) is 14.6. The minimum atomic E-state index is -0.171. The number of methoxy groups -OCH3 is 1. The highest BCUT2D eigenvalue weighted by molar-refractivity contribution is 7.99. The first kappa shape index (κ1) is 24.1. The van der Waals surface area contributed by atoms with Crippen LogP contribution >= 0.6 is 11.8 Å². The third-order valence-corrected chi connectivity index (χ3v) is 5.69. The van der Waals surface area contributed by atoms with Gasteiger partial charge in [0.1, 0.15) is 11.6 Å². The van der Waals surface area contributed by atoms with Crippen LogP contribution < -0.4 is 15.4 Å². The summed E-state index contributed by atoms with van der Waals surface area (Å²) in [7, 11) is 1.58. The van der Waals surface area contributed by atoms with Crippen LogP contribution in [0.15, 0.2) is 66.3 Å². The Balaban J connectivity index is 1.54. The number of aryl methyl sites for hydroxylation is 1. The Labute approximate surface area is 197 Å². The average Bonchev–Trinajstić information content (AvgIpc) is 3.19. The molecule has 3 aromatic rings. The number of allylic oxidation sites excluding steroid dienone is 1. The van der Waals surface area contributed by atoms with Crippen molar-refractivity contribution in [3.8, 4) is 5.75 Å². The number of nitrogens with one attached hydrogen (secondary N) is 2. The second-order valence-corrected chi connectivity index (χ2v) is 8.18. The first-order chi connectivity index (χ1) is 16.0. The molecule has 9 heteroatoms. The van der Waals surface area contributed by atoms with Crippen LogP contribution in [0.25, 0.3) is 0 Å². The molecule has 8 nitrogen and oxygen atoms in total. The van der Waals surface area contributed by atoms with Crippen LogP contribution in [0.2, 0.25) is 0 Å². The Bertz CT molecular complexity index is 1110. The van der Waals surface area contributed by atoms with Crippen molar-refractivity contribution < 1.29 is 14.3 Å². The fourth-order valence-electron chi connectivity index (χ4n) is 3.11. The molecule has 0 fully saturated rings. The molecule has 1 aromatic heterocycles. The Morgan fingerprint density at radius 2 is 1.97 bits per heavy atom. The highest BCUT2D eigenvalue weighted by Crippen LogP contribution is 2.19. The fourth-order valence-corrected chi connectivity index (χ4v) is 3.87. The number of aromatic nitrogens is 3. The van der Waals surface area contributed by atoms with E-state index >= 15 is 0 Å². The maximum Gasteiger partial charge on any atom is 0.251 e. The summed E-state index contributed by atoms with van der Waals surface area (Å²) in [6.07, 6.45) is 2.25. The van der Waals surface area contributed by atoms with Gasteiger partial charge in [0.2, 0.25) is 5.91 Å². The van der Waals surface area contributed by atoms with E-state index in [1.807, 2.05) is 35.8 Å². The number of carbonyl (C=O) groups is 2. The fraction of sp³-hybridized carbons (Fsp3) is 0.250. The highest BCUT2D eigenvalue weighted by atomic mass is 32.2. The van der Waals surface area contributed by atoms with Gasteiger partial charge in [-0.3, -0.25) is 9.59 Å². The van der Waals surface area contributed by atoms with Crippen LogP contribution in [-0.2, 0) is 17.8 Å². The van der Waals surface area contributed by atoms with E-state index in [4.69, 9.17) is 4.74 Å². The van der Waals surface area contributed by atoms with Gasteiger partial charge in [-0.25, -0.2) is 0 Å². The topological polar surface area (TPSA) is 98.1 Å². The number of carbonyl (C=O) groups excluding carboxylic acids is 2. The lowest BCUT2D eigenvalue weighted by atomic mass is 10.2. The van der Waals surface area contributed by atoms with Crippen LogP contribution in [0.5, 0.6) is 5.75 Å². The molecule has 0 unspecified atom stereocenters. The van der Waals surface area contributed by atoms with E-state index in [-0.39, 0.29) is 17.6 Å². The molecule has 2 aromatic carbocycles. The SMILES string of the molecule is C=CCn1c(CCNC(=O)c2ccc(OC)cc2)nnc1SCC(=O)Nc1cccc(C)c1. The number of hydrogen-bond donors (Lipinski definition) is 2. The molecular weight excluding hydrogens is 438 g/mol. The van der Waals surface area contributed by atoms with E-state index in [2.05, 4.69) is 27.4 Å². The molecule has 0 saturated carbocycles. The molecule has 33 heavy (non-hydrogen) atoms. The molecule has 0 aliphatic heterocycles. The lowest BCUT2D eigenvalue weighted by Crippen LogP contribution is -2.26. The molecule has 0 bridgehead atoms. The molecule has 0 aliphatic rings. The van der Waals surface area contributed by atoms with Crippen LogP contribution in [0.3, 0.4) is 0 Å². The maximum absolute atomic E-state index is 12.3. The second-order valence-electron chi connectivity index (χ2n) is 7.24. The Morgan fingerprint density at radius 3 is 2.67 bits per heavy atom. The maximum atomic E-state index is 12.3. The van der Waals surface area contributed by atoms with E-state index in [1.165, 1.54) is 11.8 Å². The highest BCUT2D eigenvalue weighted by Gasteiger charge is 2.14. The quantitative estimate of drug-likeness (QED) is 0.332. The zero-order valence-corrected chi connectivity index (χ0v) is 19.5. The van der Waals surface area contributed by atoms with Crippen LogP contribution in [0, 0.1) is 6.92 Å². The van der Waals surface area contributed by atoms with Gasteiger partial charge in [-0.1, -0.05) is 30.0 Å². The van der Waals surface area contributed by atoms with Gasteiger partial charge in [-0.2, -0.15) is 0 Å². The van der Waals surface area contributed by atoms with E-state index in [0.717, 1.165) is 11.3 Å². The predicted molar refractivity (Wildman–Crippen MR) is 130 cm³/mol. The first-order valence-electron chi connectivity index (χ1n) is 10.4. The van der Waals surface area contributed by atoms with Gasteiger partial charge >= 0.3 is 0 Å². The van der Waals surface area contributed by atoms with Gasteiger partial charge in [-0.05, 0) is 48.9 Å². The summed E-state index contributed by atoms with van der Waals surface area (Å²) >= 11 is 1.31. The summed E-state index contributed by atoms with van der Waals surface area (Å²) in [4.78, 5) is 24.7. The predicted octanol–water partition coefficient (Wildman–Crippen LogP) is 3.48. The van der Waals surface area contributed by atoms with Gasteiger partial charge in [0.25, 0.3) is 5.91 Å². The van der Waals surface area contributed by atoms with Crippen molar-refractivity contribution >= 4 is 29.3 Å². The van der Waals surface area contributed by atoms with Gasteiger partial charge in [0.05, 0.1) is 12.9 Å². The van der Waals surface area contributed by atoms with Crippen LogP contribution in [-0.4, -0.2) is 46.0 Å². The van der Waals surface area contributed by atoms with E-state index < -0.39 is 0 Å². The zero-order valence-electron chi connectivity index (χ0n) is 18.7. The summed E-state index contributed by atoms with van der Waals surface area (Å²) in [5.41, 5.74) is 2.40. The molecule has 0 spiro atoms. The number of anilines is 1. The number of rotatable bonds is 11. The smallest absolute Gasteiger partial charge is 0.251 e. The molecular formula is C24H27N5O3S. The van der Waals surface area contributed by atoms with Gasteiger partial charge in [0, 0.05) is 30.8 Å². The van der Waals surface area contributed by atoms with Crippen LogP contribution in [0.4, 0.5) is 5.69 Å². The lowest BCUT2D eigenvalue weighted by molar-refractivity contribution is -0.113. The van der Waals surface area contributed by atoms with E-state index in [9.17, 15) is 9.59 Å². The Kier molecular flexibility index (Phi) is 8.65. The van der Waals surface area contributed by atoms with Crippen molar-refractivity contribution in [3.05, 3.63) is 78.1 Å². The minimum Gasteiger partial charge on any atom is -0.497 e. The first-order valence-corrected chi connectivity index (χ1v) is 11.4. The number of nitrogens with zero attached hydrogens (tertiary/aromatic N) is 3. The van der Waals surface area contributed by atoms with Crippen molar-refractivity contribution in [3.63, 3.8) is 0 Å². The van der Waals surface area contributed by atoms with Crippen molar-refractivity contribution in [1.29, 1.82) is 0 Å². The normalized spacial score (nSPS) is 10.5. The second kappa shape index (κ2) is 11.9. The number of ether oxygens (including phenoxy) is 1. The van der Waals surface area contributed by atoms with Crippen molar-refractivity contribution in [1.82, 2.24) is 20.1 Å². The van der Waals surface area contributed by atoms with Gasteiger partial charge < -0.3 is 19.9 Å². The third-order valence-electron chi connectivity index (χ3n) is 4.73. The van der Waals surface area contributed by atoms with E-state index in [1.54, 1.807) is 37.5 Å². The van der Waals surface area contributed by atoms with E-state index in [0.29, 0.717) is 41.8 Å². The van der Waals surface area contributed by atoms with Crippen molar-refractivity contribution in [2.75, 3.05) is 24.7 Å². The monoisotopic (exact) mass is 465 g/mol. The lowest BCUT2D eigenvalue weighted by Gasteiger charge is -2.09. The zero-order chi connectivity index (χ0) is 23.6. The molecule has 0 saturated heterocycles. The number of thioether (sulfide) groups is 1. The minimum absolute atomic E-state index is 0.118. The Hall–Kier alpha value is -3.59. The average molecular weight is 466 g/mol. The molecule has 1 heterocycles. The van der Waals surface area contributed by atoms with Gasteiger partial charge in [-0.15, -0.1) is 16.8 Å². The molecule has 2 amide bonds. The molecule has 3 rings (SSSR count). The molecule has 172 valence electrons. The molecule has 0 radical (unpaired) electrons. The largest absolute Gasteiger partial charge is 0.497 e. The number of benzene rings is 2. The molecule has 0 atom stereocenters. The van der Waals surface area contributed by atoms with Crippen molar-refractivity contribution in [2.45, 2.75) is 25.0 Å². The van der Waals surface area contributed by atoms with Gasteiger partial charge in [0.15, 0.2) is 5.16 Å². The number of hydrogen-bond acceptors (Lipinski definition) is 6. The van der Waals surface area contributed by atoms with Crippen LogP contribution in [0.1, 0.15) is 21.7 Å².